The molecule has 0 atom stereocenters. The van der Waals surface area contributed by atoms with Crippen LogP contribution in [0.2, 0.25) is 5.02 Å². The number of nitrogens with one attached hydrogen (secondary N) is 1. The first kappa shape index (κ1) is 18.3. The van der Waals surface area contributed by atoms with Gasteiger partial charge < -0.3 is 4.84 Å². The van der Waals surface area contributed by atoms with Crippen LogP contribution in [0.3, 0.4) is 0 Å². The second kappa shape index (κ2) is 7.23. The first-order chi connectivity index (χ1) is 14.2. The molecule has 29 heavy (non-hydrogen) atoms. The van der Waals surface area contributed by atoms with E-state index in [0.717, 1.165) is 25.7 Å². The average Bonchev–Trinajstić information content (AvgIpc) is 3.03. The average molecular weight is 404 g/mol. The second-order valence-electron chi connectivity index (χ2n) is 7.98. The van der Waals surface area contributed by atoms with E-state index in [-0.39, 0.29) is 17.3 Å². The summed E-state index contributed by atoms with van der Waals surface area (Å²) in [5, 5.41) is 0.601. The Bertz CT molecular complexity index is 1020. The Hall–Kier alpha value is -2.78. The van der Waals surface area contributed by atoms with Gasteiger partial charge in [0.1, 0.15) is 0 Å². The first-order valence-corrected chi connectivity index (χ1v) is 10.5. The summed E-state index contributed by atoms with van der Waals surface area (Å²) in [4.78, 5) is 18.0. The standard InChI is InChI=1S/C25H22ClNO2/c26-18-6-5-7-19(16-18)27-29-24(28)17-12-14-25(15-13-17)22-10-3-1-8-20(22)21-9-2-4-11-23(21)25/h1-11,16-17,27H,12-15H2. The van der Waals surface area contributed by atoms with Crippen molar-refractivity contribution >= 4 is 23.3 Å². The van der Waals surface area contributed by atoms with E-state index in [1.165, 1.54) is 22.3 Å². The van der Waals surface area contributed by atoms with Gasteiger partial charge in [-0.15, -0.1) is 0 Å². The summed E-state index contributed by atoms with van der Waals surface area (Å²) in [7, 11) is 0. The van der Waals surface area contributed by atoms with Gasteiger partial charge in [-0.2, -0.15) is 0 Å². The molecule has 146 valence electrons. The zero-order chi connectivity index (χ0) is 19.8. The summed E-state index contributed by atoms with van der Waals surface area (Å²) in [6.07, 6.45) is 3.55. The maximum Gasteiger partial charge on any atom is 0.335 e. The molecule has 3 aromatic carbocycles. The molecular formula is C25H22ClNO2. The summed E-state index contributed by atoms with van der Waals surface area (Å²) in [5.74, 6) is -0.286. The zero-order valence-corrected chi connectivity index (χ0v) is 16.8. The van der Waals surface area contributed by atoms with Crippen LogP contribution < -0.4 is 5.48 Å². The zero-order valence-electron chi connectivity index (χ0n) is 16.0. The summed E-state index contributed by atoms with van der Waals surface area (Å²) < 4.78 is 0. The Morgan fingerprint density at radius 3 is 2.14 bits per heavy atom. The van der Waals surface area contributed by atoms with Gasteiger partial charge in [0, 0.05) is 10.4 Å². The molecule has 3 nitrogen and oxygen atoms in total. The third-order valence-corrected chi connectivity index (χ3v) is 6.68. The monoisotopic (exact) mass is 403 g/mol. The molecule has 1 N–H and O–H groups in total. The number of rotatable bonds is 3. The molecule has 3 aromatic rings. The van der Waals surface area contributed by atoms with E-state index in [1.807, 2.05) is 12.1 Å². The van der Waals surface area contributed by atoms with Crippen LogP contribution >= 0.6 is 11.6 Å². The molecule has 0 saturated heterocycles. The van der Waals surface area contributed by atoms with E-state index in [4.69, 9.17) is 16.4 Å². The minimum atomic E-state index is -0.195. The quantitative estimate of drug-likeness (QED) is 0.516. The fourth-order valence-electron chi connectivity index (χ4n) is 5.05. The van der Waals surface area contributed by atoms with Crippen molar-refractivity contribution in [2.24, 2.45) is 5.92 Å². The van der Waals surface area contributed by atoms with Crippen molar-refractivity contribution in [2.75, 3.05) is 5.48 Å². The summed E-state index contributed by atoms with van der Waals surface area (Å²) in [6, 6.07) is 24.6. The molecule has 0 bridgehead atoms. The topological polar surface area (TPSA) is 38.3 Å². The van der Waals surface area contributed by atoms with Crippen LogP contribution in [-0.4, -0.2) is 5.97 Å². The molecule has 1 saturated carbocycles. The SMILES string of the molecule is O=C(ONc1cccc(Cl)c1)C1CCC2(CC1)c1ccccc1-c1ccccc12. The Morgan fingerprint density at radius 1 is 0.897 bits per heavy atom. The van der Waals surface area contributed by atoms with Crippen LogP contribution in [-0.2, 0) is 15.0 Å². The fourth-order valence-corrected chi connectivity index (χ4v) is 5.24. The van der Waals surface area contributed by atoms with Gasteiger partial charge in [0.15, 0.2) is 0 Å². The first-order valence-electron chi connectivity index (χ1n) is 10.1. The number of fused-ring (bicyclic) bond motifs is 5. The van der Waals surface area contributed by atoms with Crippen molar-refractivity contribution in [3.63, 3.8) is 0 Å². The number of carbonyl (C=O) groups excluding carboxylic acids is 1. The van der Waals surface area contributed by atoms with Crippen molar-refractivity contribution < 1.29 is 9.63 Å². The van der Waals surface area contributed by atoms with E-state index in [2.05, 4.69) is 54.0 Å². The van der Waals surface area contributed by atoms with Gasteiger partial charge in [-0.25, -0.2) is 10.3 Å². The minimum Gasteiger partial charge on any atom is -0.343 e. The number of hydrogen-bond donors (Lipinski definition) is 1. The molecule has 0 aliphatic heterocycles. The van der Waals surface area contributed by atoms with Gasteiger partial charge in [0.2, 0.25) is 0 Å². The second-order valence-corrected chi connectivity index (χ2v) is 8.42. The van der Waals surface area contributed by atoms with Gasteiger partial charge in [-0.1, -0.05) is 66.2 Å². The number of anilines is 1. The number of benzene rings is 3. The highest BCUT2D eigenvalue weighted by molar-refractivity contribution is 6.30. The number of hydrogen-bond acceptors (Lipinski definition) is 3. The molecule has 2 aliphatic carbocycles. The van der Waals surface area contributed by atoms with Crippen LogP contribution in [0.5, 0.6) is 0 Å². The van der Waals surface area contributed by atoms with Crippen molar-refractivity contribution in [2.45, 2.75) is 31.1 Å². The van der Waals surface area contributed by atoms with Crippen molar-refractivity contribution in [3.8, 4) is 11.1 Å². The Morgan fingerprint density at radius 2 is 1.52 bits per heavy atom. The lowest BCUT2D eigenvalue weighted by Gasteiger charge is -2.38. The molecular weight excluding hydrogens is 382 g/mol. The molecule has 5 rings (SSSR count). The third-order valence-electron chi connectivity index (χ3n) is 6.44. The van der Waals surface area contributed by atoms with E-state index in [9.17, 15) is 4.79 Å². The van der Waals surface area contributed by atoms with E-state index < -0.39 is 0 Å². The Balaban J connectivity index is 1.32. The number of carbonyl (C=O) groups is 1. The van der Waals surface area contributed by atoms with E-state index >= 15 is 0 Å². The molecule has 0 radical (unpaired) electrons. The van der Waals surface area contributed by atoms with Crippen molar-refractivity contribution in [1.82, 2.24) is 0 Å². The summed E-state index contributed by atoms with van der Waals surface area (Å²) in [5.41, 5.74) is 8.93. The highest BCUT2D eigenvalue weighted by atomic mass is 35.5. The summed E-state index contributed by atoms with van der Waals surface area (Å²) in [6.45, 7) is 0. The summed E-state index contributed by atoms with van der Waals surface area (Å²) >= 11 is 5.98. The molecule has 2 aliphatic rings. The predicted molar refractivity (Wildman–Crippen MR) is 116 cm³/mol. The maximum atomic E-state index is 12.6. The lowest BCUT2D eigenvalue weighted by atomic mass is 9.65. The van der Waals surface area contributed by atoms with Gasteiger partial charge in [0.05, 0.1) is 11.6 Å². The van der Waals surface area contributed by atoms with Gasteiger partial charge >= 0.3 is 5.97 Å². The van der Waals surface area contributed by atoms with Gasteiger partial charge in [-0.3, -0.25) is 0 Å². The predicted octanol–water partition coefficient (Wildman–Crippen LogP) is 6.37. The molecule has 0 amide bonds. The Kier molecular flexibility index (Phi) is 4.56. The molecule has 1 fully saturated rings. The van der Waals surface area contributed by atoms with Gasteiger partial charge in [0.25, 0.3) is 0 Å². The number of halogens is 1. The van der Waals surface area contributed by atoms with Crippen LogP contribution in [0.1, 0.15) is 36.8 Å². The Labute approximate surface area is 175 Å². The van der Waals surface area contributed by atoms with Crippen molar-refractivity contribution in [1.29, 1.82) is 0 Å². The maximum absolute atomic E-state index is 12.6. The lowest BCUT2D eigenvalue weighted by Crippen LogP contribution is -2.34. The van der Waals surface area contributed by atoms with Gasteiger partial charge in [-0.05, 0) is 66.1 Å². The van der Waals surface area contributed by atoms with E-state index in [0.29, 0.717) is 10.7 Å². The highest BCUT2D eigenvalue weighted by Gasteiger charge is 2.46. The largest absolute Gasteiger partial charge is 0.343 e. The van der Waals surface area contributed by atoms with Crippen LogP contribution in [0.25, 0.3) is 11.1 Å². The normalized spacial score (nSPS) is 16.9. The van der Waals surface area contributed by atoms with Crippen LogP contribution in [0, 0.1) is 5.92 Å². The minimum absolute atomic E-state index is 0.0182. The molecule has 4 heteroatoms. The highest BCUT2D eigenvalue weighted by Crippen LogP contribution is 2.56. The van der Waals surface area contributed by atoms with E-state index in [1.54, 1.807) is 12.1 Å². The van der Waals surface area contributed by atoms with Crippen LogP contribution in [0.4, 0.5) is 5.69 Å². The van der Waals surface area contributed by atoms with Crippen molar-refractivity contribution in [3.05, 3.63) is 88.9 Å². The molecule has 0 unspecified atom stereocenters. The molecule has 1 spiro atoms. The lowest BCUT2D eigenvalue weighted by molar-refractivity contribution is -0.146. The smallest absolute Gasteiger partial charge is 0.335 e. The molecule has 0 heterocycles. The third kappa shape index (κ3) is 3.10. The fraction of sp³-hybridized carbons (Fsp3) is 0.240. The van der Waals surface area contributed by atoms with Crippen LogP contribution in [0.15, 0.2) is 72.8 Å². The molecule has 0 aromatic heterocycles.